The van der Waals surface area contributed by atoms with Crippen molar-refractivity contribution in [3.05, 3.63) is 75.9 Å². The van der Waals surface area contributed by atoms with E-state index in [1.807, 2.05) is 6.07 Å². The molecule has 4 rings (SSSR count). The maximum atomic E-state index is 13.9. The van der Waals surface area contributed by atoms with E-state index >= 15 is 0 Å². The number of nitrogens with two attached hydrogens (primary N) is 1. The van der Waals surface area contributed by atoms with Gasteiger partial charge in [-0.3, -0.25) is 0 Å². The van der Waals surface area contributed by atoms with Gasteiger partial charge in [-0.05, 0) is 42.8 Å². The van der Waals surface area contributed by atoms with E-state index in [0.717, 1.165) is 0 Å². The number of ether oxygens (including phenoxy) is 1. The van der Waals surface area contributed by atoms with Crippen LogP contribution < -0.4 is 10.5 Å². The van der Waals surface area contributed by atoms with Gasteiger partial charge in [0.2, 0.25) is 5.89 Å². The van der Waals surface area contributed by atoms with E-state index in [-0.39, 0.29) is 40.2 Å². The first-order chi connectivity index (χ1) is 18.7. The summed E-state index contributed by atoms with van der Waals surface area (Å²) in [5.41, 5.74) is 8.19. The molecule has 39 heavy (non-hydrogen) atoms. The van der Waals surface area contributed by atoms with Gasteiger partial charge in [0.1, 0.15) is 58.6 Å². The Bertz CT molecular complexity index is 1600. The molecule has 0 spiro atoms. The Morgan fingerprint density at radius 1 is 1.13 bits per heavy atom. The fourth-order valence-electron chi connectivity index (χ4n) is 3.61. The topological polar surface area (TPSA) is 162 Å². The summed E-state index contributed by atoms with van der Waals surface area (Å²) in [6.07, 6.45) is -1.02. The molecule has 0 unspecified atom stereocenters. The first-order valence-electron chi connectivity index (χ1n) is 11.5. The first-order valence-corrected chi connectivity index (χ1v) is 12.8. The molecule has 2 aromatic heterocycles. The lowest BCUT2D eigenvalue weighted by molar-refractivity contribution is 0.0536. The zero-order valence-corrected chi connectivity index (χ0v) is 22.1. The predicted octanol–water partition coefficient (Wildman–Crippen LogP) is 4.85. The number of nitriles is 2. The Hall–Kier alpha value is -4.13. The van der Waals surface area contributed by atoms with Crippen molar-refractivity contribution in [2.45, 2.75) is 23.8 Å². The largest absolute Gasteiger partial charge is 0.491 e. The van der Waals surface area contributed by atoms with E-state index in [1.165, 1.54) is 23.9 Å². The summed E-state index contributed by atoms with van der Waals surface area (Å²) in [6.45, 7) is 1.20. The number of thioether (sulfide) groups is 1. The summed E-state index contributed by atoms with van der Waals surface area (Å²) in [5, 5.41) is 38.5. The zero-order valence-electron chi connectivity index (χ0n) is 20.5. The fraction of sp³-hybridized carbons (Fsp3) is 0.185. The third-order valence-corrected chi connectivity index (χ3v) is 6.91. The van der Waals surface area contributed by atoms with Crippen molar-refractivity contribution in [1.82, 2.24) is 9.97 Å². The van der Waals surface area contributed by atoms with Crippen LogP contribution in [0, 0.1) is 35.4 Å². The minimum Gasteiger partial charge on any atom is -0.491 e. The predicted molar refractivity (Wildman–Crippen MR) is 143 cm³/mol. The van der Waals surface area contributed by atoms with Crippen molar-refractivity contribution in [2.24, 2.45) is 0 Å². The number of aryl methyl sites for hydroxylation is 1. The highest BCUT2D eigenvalue weighted by Crippen LogP contribution is 2.37. The van der Waals surface area contributed by atoms with Gasteiger partial charge in [0.15, 0.2) is 0 Å². The Morgan fingerprint density at radius 3 is 2.46 bits per heavy atom. The minimum absolute atomic E-state index is 0.00946. The number of aliphatic hydroxyl groups is 2. The fourth-order valence-corrected chi connectivity index (χ4v) is 4.72. The van der Waals surface area contributed by atoms with Crippen LogP contribution in [0.15, 0.2) is 51.9 Å². The standard InChI is InChI=1S/C27H21ClFN5O4S/c1-14-23(33-26(38-14)16-4-7-21(28)22(29)8-16)13-39-27-20(10-31)24(19(9-30)25(32)34-27)15-2-5-18(6-3-15)37-12-17(36)11-35/h2-8,17,35-36H,11-13H2,1H3,(H2,32,34)/t17-/m0/s1. The highest BCUT2D eigenvalue weighted by molar-refractivity contribution is 7.98. The molecule has 2 heterocycles. The van der Waals surface area contributed by atoms with Crippen LogP contribution in [-0.2, 0) is 5.75 Å². The highest BCUT2D eigenvalue weighted by atomic mass is 35.5. The smallest absolute Gasteiger partial charge is 0.226 e. The molecule has 4 N–H and O–H groups in total. The Kier molecular flexibility index (Phi) is 8.69. The average molecular weight is 566 g/mol. The number of aromatic nitrogens is 2. The van der Waals surface area contributed by atoms with Crippen molar-refractivity contribution in [3.8, 4) is 40.5 Å². The van der Waals surface area contributed by atoms with Crippen LogP contribution in [0.25, 0.3) is 22.6 Å². The number of hydrogen-bond acceptors (Lipinski definition) is 10. The first kappa shape index (κ1) is 27.9. The SMILES string of the molecule is Cc1oc(-c2ccc(Cl)c(F)c2)nc1CSc1nc(N)c(C#N)c(-c2ccc(OC[C@@H](O)CO)cc2)c1C#N. The molecule has 2 aromatic carbocycles. The van der Waals surface area contributed by atoms with E-state index in [9.17, 15) is 20.0 Å². The number of nitrogen functional groups attached to an aromatic ring is 1. The van der Waals surface area contributed by atoms with Crippen LogP contribution in [0.4, 0.5) is 10.2 Å². The van der Waals surface area contributed by atoms with Crippen LogP contribution >= 0.6 is 23.4 Å². The van der Waals surface area contributed by atoms with E-state index in [1.54, 1.807) is 37.3 Å². The third kappa shape index (κ3) is 6.14. The van der Waals surface area contributed by atoms with Crippen molar-refractivity contribution in [3.63, 3.8) is 0 Å². The molecule has 0 bridgehead atoms. The minimum atomic E-state index is -1.02. The van der Waals surface area contributed by atoms with Crippen LogP contribution in [0.5, 0.6) is 5.75 Å². The summed E-state index contributed by atoms with van der Waals surface area (Å²) in [6, 6.07) is 15.0. The molecule has 12 heteroatoms. The van der Waals surface area contributed by atoms with Crippen LogP contribution in [0.1, 0.15) is 22.6 Å². The summed E-state index contributed by atoms with van der Waals surface area (Å²) in [4.78, 5) is 8.77. The average Bonchev–Trinajstić information content (AvgIpc) is 3.32. The van der Waals surface area contributed by atoms with Gasteiger partial charge in [-0.15, -0.1) is 0 Å². The molecule has 0 aliphatic heterocycles. The summed E-state index contributed by atoms with van der Waals surface area (Å²) in [5.74, 6) is 0.799. The molecule has 198 valence electrons. The number of rotatable bonds is 9. The summed E-state index contributed by atoms with van der Waals surface area (Å²) < 4.78 is 25.1. The van der Waals surface area contributed by atoms with Crippen LogP contribution in [0.3, 0.4) is 0 Å². The molecular formula is C27H21ClFN5O4S. The van der Waals surface area contributed by atoms with Crippen molar-refractivity contribution < 1.29 is 23.8 Å². The van der Waals surface area contributed by atoms with Gasteiger partial charge in [-0.1, -0.05) is 35.5 Å². The van der Waals surface area contributed by atoms with Crippen molar-refractivity contribution >= 4 is 29.2 Å². The maximum Gasteiger partial charge on any atom is 0.226 e. The normalized spacial score (nSPS) is 11.6. The van der Waals surface area contributed by atoms with Gasteiger partial charge in [0.05, 0.1) is 22.9 Å². The van der Waals surface area contributed by atoms with Gasteiger partial charge >= 0.3 is 0 Å². The number of pyridine rings is 1. The van der Waals surface area contributed by atoms with E-state index in [0.29, 0.717) is 38.9 Å². The van der Waals surface area contributed by atoms with Gasteiger partial charge in [-0.25, -0.2) is 14.4 Å². The Balaban J connectivity index is 1.63. The second kappa shape index (κ2) is 12.2. The number of hydrogen-bond donors (Lipinski definition) is 3. The molecule has 9 nitrogen and oxygen atoms in total. The maximum absolute atomic E-state index is 13.9. The van der Waals surface area contributed by atoms with Gasteiger partial charge in [0.25, 0.3) is 0 Å². The van der Waals surface area contributed by atoms with E-state index in [4.69, 9.17) is 31.6 Å². The third-order valence-electron chi connectivity index (χ3n) is 5.62. The second-order valence-corrected chi connectivity index (χ2v) is 9.63. The molecule has 0 aliphatic carbocycles. The number of anilines is 1. The number of nitrogens with zero attached hydrogens (tertiary/aromatic N) is 4. The molecule has 0 aliphatic rings. The lowest BCUT2D eigenvalue weighted by atomic mass is 9.97. The zero-order chi connectivity index (χ0) is 28.1. The van der Waals surface area contributed by atoms with Crippen LogP contribution in [0.2, 0.25) is 5.02 Å². The Morgan fingerprint density at radius 2 is 1.82 bits per heavy atom. The quantitative estimate of drug-likeness (QED) is 0.239. The Labute approximate surface area is 232 Å². The lowest BCUT2D eigenvalue weighted by Crippen LogP contribution is -2.21. The summed E-state index contributed by atoms with van der Waals surface area (Å²) >= 11 is 6.96. The lowest BCUT2D eigenvalue weighted by Gasteiger charge is -2.14. The number of benzene rings is 2. The molecule has 0 amide bonds. The van der Waals surface area contributed by atoms with E-state index in [2.05, 4.69) is 16.0 Å². The van der Waals surface area contributed by atoms with E-state index < -0.39 is 18.5 Å². The number of aliphatic hydroxyl groups excluding tert-OH is 2. The van der Waals surface area contributed by atoms with Crippen LogP contribution in [-0.4, -0.2) is 39.5 Å². The number of oxazole rings is 1. The summed E-state index contributed by atoms with van der Waals surface area (Å²) in [7, 11) is 0. The molecule has 1 atom stereocenters. The van der Waals surface area contributed by atoms with Gasteiger partial charge in [-0.2, -0.15) is 10.5 Å². The molecule has 0 fully saturated rings. The van der Waals surface area contributed by atoms with Crippen molar-refractivity contribution in [2.75, 3.05) is 18.9 Å². The van der Waals surface area contributed by atoms with Crippen molar-refractivity contribution in [1.29, 1.82) is 10.5 Å². The highest BCUT2D eigenvalue weighted by Gasteiger charge is 2.22. The second-order valence-electron chi connectivity index (χ2n) is 8.26. The molecule has 0 saturated heterocycles. The monoisotopic (exact) mass is 565 g/mol. The number of halogens is 2. The molecule has 0 saturated carbocycles. The van der Waals surface area contributed by atoms with Gasteiger partial charge in [0, 0.05) is 16.9 Å². The molecule has 4 aromatic rings. The van der Waals surface area contributed by atoms with Gasteiger partial charge < -0.3 is 25.1 Å². The molecular weight excluding hydrogens is 545 g/mol. The molecule has 0 radical (unpaired) electrons.